The molecule has 1 fully saturated rings. The predicted octanol–water partition coefficient (Wildman–Crippen LogP) is -0.459. The molecule has 0 aliphatic carbocycles. The van der Waals surface area contributed by atoms with Gasteiger partial charge in [0.25, 0.3) is 0 Å². The van der Waals surface area contributed by atoms with Crippen molar-refractivity contribution in [3.63, 3.8) is 0 Å². The standard InChI is InChI=1S/C11H16N4O3S/c1-14(2)11-9(4-3-5-13-11)15-7-8(6-10(15)16)19(12,17)18/h3-5,8H,6-7H2,1-2H3,(H2,12,17,18). The molecular formula is C11H16N4O3S. The number of carbonyl (C=O) groups is 1. The van der Waals surface area contributed by atoms with Gasteiger partial charge in [0.2, 0.25) is 15.9 Å². The van der Waals surface area contributed by atoms with Gasteiger partial charge in [0.15, 0.2) is 5.82 Å². The van der Waals surface area contributed by atoms with E-state index in [-0.39, 0.29) is 18.9 Å². The van der Waals surface area contributed by atoms with E-state index in [2.05, 4.69) is 4.98 Å². The second-order valence-electron chi connectivity index (χ2n) is 4.66. The summed E-state index contributed by atoms with van der Waals surface area (Å²) in [7, 11) is -0.0879. The van der Waals surface area contributed by atoms with Crippen molar-refractivity contribution < 1.29 is 13.2 Å². The van der Waals surface area contributed by atoms with Gasteiger partial charge in [-0.3, -0.25) is 4.79 Å². The molecule has 8 heteroatoms. The van der Waals surface area contributed by atoms with Crippen LogP contribution < -0.4 is 14.9 Å². The van der Waals surface area contributed by atoms with Gasteiger partial charge < -0.3 is 9.80 Å². The molecule has 1 unspecified atom stereocenters. The van der Waals surface area contributed by atoms with E-state index >= 15 is 0 Å². The predicted molar refractivity (Wildman–Crippen MR) is 72.4 cm³/mol. The fourth-order valence-electron chi connectivity index (χ4n) is 2.07. The number of hydrogen-bond acceptors (Lipinski definition) is 5. The minimum absolute atomic E-state index is 0.0736. The molecule has 1 aromatic rings. The molecule has 104 valence electrons. The van der Waals surface area contributed by atoms with E-state index in [0.717, 1.165) is 0 Å². The summed E-state index contributed by atoms with van der Waals surface area (Å²) in [6.07, 6.45) is 1.54. The molecule has 0 radical (unpaired) electrons. The number of sulfonamides is 1. The van der Waals surface area contributed by atoms with E-state index in [0.29, 0.717) is 11.5 Å². The highest BCUT2D eigenvalue weighted by atomic mass is 32.2. The number of primary sulfonamides is 1. The molecule has 1 aliphatic heterocycles. The maximum Gasteiger partial charge on any atom is 0.228 e. The molecular weight excluding hydrogens is 268 g/mol. The van der Waals surface area contributed by atoms with Crippen LogP contribution >= 0.6 is 0 Å². The van der Waals surface area contributed by atoms with E-state index in [1.807, 2.05) is 14.1 Å². The summed E-state index contributed by atoms with van der Waals surface area (Å²) in [5.74, 6) is 0.362. The Morgan fingerprint density at radius 3 is 2.68 bits per heavy atom. The fraction of sp³-hybridized carbons (Fsp3) is 0.455. The summed E-state index contributed by atoms with van der Waals surface area (Å²) in [4.78, 5) is 19.4. The zero-order chi connectivity index (χ0) is 14.2. The van der Waals surface area contributed by atoms with Crippen LogP contribution in [0.1, 0.15) is 6.42 Å². The summed E-state index contributed by atoms with van der Waals surface area (Å²) >= 11 is 0. The second kappa shape index (κ2) is 4.78. The van der Waals surface area contributed by atoms with Crippen molar-refractivity contribution in [3.8, 4) is 0 Å². The molecule has 7 nitrogen and oxygen atoms in total. The van der Waals surface area contributed by atoms with Crippen LogP contribution in [-0.2, 0) is 14.8 Å². The van der Waals surface area contributed by atoms with Crippen molar-refractivity contribution in [2.45, 2.75) is 11.7 Å². The van der Waals surface area contributed by atoms with Gasteiger partial charge in [0, 0.05) is 33.3 Å². The first-order valence-corrected chi connectivity index (χ1v) is 7.36. The van der Waals surface area contributed by atoms with Gasteiger partial charge in [-0.25, -0.2) is 18.5 Å². The molecule has 2 heterocycles. The van der Waals surface area contributed by atoms with E-state index in [9.17, 15) is 13.2 Å². The van der Waals surface area contributed by atoms with Crippen LogP contribution in [0.2, 0.25) is 0 Å². The Bertz CT molecular complexity index is 600. The largest absolute Gasteiger partial charge is 0.361 e. The lowest BCUT2D eigenvalue weighted by Crippen LogP contribution is -2.32. The van der Waals surface area contributed by atoms with Crippen LogP contribution in [0.3, 0.4) is 0 Å². The number of rotatable bonds is 3. The van der Waals surface area contributed by atoms with Gasteiger partial charge in [-0.2, -0.15) is 0 Å². The smallest absolute Gasteiger partial charge is 0.228 e. The lowest BCUT2D eigenvalue weighted by molar-refractivity contribution is -0.117. The number of aromatic nitrogens is 1. The van der Waals surface area contributed by atoms with Crippen LogP contribution in [0.5, 0.6) is 0 Å². The summed E-state index contributed by atoms with van der Waals surface area (Å²) in [5.41, 5.74) is 0.601. The Morgan fingerprint density at radius 1 is 1.47 bits per heavy atom. The Hall–Kier alpha value is -1.67. The highest BCUT2D eigenvalue weighted by Crippen LogP contribution is 2.30. The Kier molecular flexibility index (Phi) is 3.46. The number of pyridine rings is 1. The molecule has 0 bridgehead atoms. The van der Waals surface area contributed by atoms with Crippen molar-refractivity contribution >= 4 is 27.4 Å². The minimum Gasteiger partial charge on any atom is -0.361 e. The van der Waals surface area contributed by atoms with E-state index in [4.69, 9.17) is 5.14 Å². The Balaban J connectivity index is 2.36. The van der Waals surface area contributed by atoms with Gasteiger partial charge in [0.05, 0.1) is 5.69 Å². The third kappa shape index (κ3) is 2.69. The van der Waals surface area contributed by atoms with Crippen molar-refractivity contribution in [1.29, 1.82) is 0 Å². The maximum absolute atomic E-state index is 12.0. The van der Waals surface area contributed by atoms with E-state index < -0.39 is 15.3 Å². The molecule has 1 aromatic heterocycles. The van der Waals surface area contributed by atoms with Crippen LogP contribution in [0.15, 0.2) is 18.3 Å². The highest BCUT2D eigenvalue weighted by molar-refractivity contribution is 7.89. The van der Waals surface area contributed by atoms with Crippen molar-refractivity contribution in [2.75, 3.05) is 30.4 Å². The molecule has 1 amide bonds. The lowest BCUT2D eigenvalue weighted by atomic mass is 10.3. The van der Waals surface area contributed by atoms with Crippen LogP contribution in [0.25, 0.3) is 0 Å². The normalized spacial score (nSPS) is 19.8. The monoisotopic (exact) mass is 284 g/mol. The van der Waals surface area contributed by atoms with Gasteiger partial charge in [-0.15, -0.1) is 0 Å². The number of nitrogens with two attached hydrogens (primary N) is 1. The van der Waals surface area contributed by atoms with Gasteiger partial charge in [-0.1, -0.05) is 0 Å². The van der Waals surface area contributed by atoms with Crippen molar-refractivity contribution in [1.82, 2.24) is 4.98 Å². The molecule has 0 spiro atoms. The summed E-state index contributed by atoms with van der Waals surface area (Å²) in [5, 5.41) is 4.26. The number of hydrogen-bond donors (Lipinski definition) is 1. The highest BCUT2D eigenvalue weighted by Gasteiger charge is 2.38. The molecule has 2 N–H and O–H groups in total. The number of nitrogens with zero attached hydrogens (tertiary/aromatic N) is 3. The second-order valence-corrected chi connectivity index (χ2v) is 6.50. The maximum atomic E-state index is 12.0. The third-order valence-corrected chi connectivity index (χ3v) is 4.28. The SMILES string of the molecule is CN(C)c1ncccc1N1CC(S(N)(=O)=O)CC1=O. The summed E-state index contributed by atoms with van der Waals surface area (Å²) in [6.45, 7) is 0.0736. The minimum atomic E-state index is -3.71. The van der Waals surface area contributed by atoms with Crippen molar-refractivity contribution in [3.05, 3.63) is 18.3 Å². The molecule has 19 heavy (non-hydrogen) atoms. The molecule has 0 saturated carbocycles. The molecule has 1 atom stereocenters. The Labute approximate surface area is 112 Å². The third-order valence-electron chi connectivity index (χ3n) is 3.03. The van der Waals surface area contributed by atoms with Gasteiger partial charge >= 0.3 is 0 Å². The Morgan fingerprint density at radius 2 is 2.16 bits per heavy atom. The molecule has 1 saturated heterocycles. The van der Waals surface area contributed by atoms with Crippen molar-refractivity contribution in [2.24, 2.45) is 5.14 Å². The lowest BCUT2D eigenvalue weighted by Gasteiger charge is -2.22. The van der Waals surface area contributed by atoms with Crippen LogP contribution in [0, 0.1) is 0 Å². The summed E-state index contributed by atoms with van der Waals surface area (Å²) < 4.78 is 22.7. The first-order valence-electron chi connectivity index (χ1n) is 5.75. The number of amides is 1. The molecule has 0 aromatic carbocycles. The van der Waals surface area contributed by atoms with E-state index in [1.54, 1.807) is 23.2 Å². The summed E-state index contributed by atoms with van der Waals surface area (Å²) in [6, 6.07) is 3.45. The molecule has 1 aliphatic rings. The zero-order valence-electron chi connectivity index (χ0n) is 10.8. The topological polar surface area (TPSA) is 96.6 Å². The average molecular weight is 284 g/mol. The number of carbonyl (C=O) groups excluding carboxylic acids is 1. The quantitative estimate of drug-likeness (QED) is 0.810. The van der Waals surface area contributed by atoms with Gasteiger partial charge in [0.1, 0.15) is 5.25 Å². The molecule has 2 rings (SSSR count). The van der Waals surface area contributed by atoms with Crippen LogP contribution in [-0.4, -0.2) is 45.2 Å². The number of anilines is 2. The van der Waals surface area contributed by atoms with E-state index in [1.165, 1.54) is 4.90 Å². The zero-order valence-corrected chi connectivity index (χ0v) is 11.6. The fourth-order valence-corrected chi connectivity index (χ4v) is 2.80. The average Bonchev–Trinajstić information content (AvgIpc) is 2.71. The first kappa shape index (κ1) is 13.8. The first-order chi connectivity index (χ1) is 8.80. The van der Waals surface area contributed by atoms with Crippen LogP contribution in [0.4, 0.5) is 11.5 Å². The van der Waals surface area contributed by atoms with Gasteiger partial charge in [-0.05, 0) is 12.1 Å².